The monoisotopic (exact) mass is 543 g/mol. The third-order valence-corrected chi connectivity index (χ3v) is 5.97. The van der Waals surface area contributed by atoms with Gasteiger partial charge in [0.2, 0.25) is 17.7 Å². The van der Waals surface area contributed by atoms with Gasteiger partial charge < -0.3 is 16.0 Å². The molecule has 0 aliphatic rings. The van der Waals surface area contributed by atoms with E-state index in [0.29, 0.717) is 12.3 Å². The molecule has 186 valence electrons. The number of primary amides is 1. The number of carbonyl (C=O) groups excluding carboxylic acids is 3. The highest BCUT2D eigenvalue weighted by Crippen LogP contribution is 2.19. The van der Waals surface area contributed by atoms with Gasteiger partial charge in [0.1, 0.15) is 12.1 Å². The number of carbonyl (C=O) groups is 3. The van der Waals surface area contributed by atoms with Gasteiger partial charge in [-0.15, -0.1) is 0 Å². The third kappa shape index (κ3) is 13.5. The fraction of sp³-hybridized carbons (Fsp3) is 0.640. The Bertz CT molecular complexity index is 756. The Labute approximate surface area is 212 Å². The number of rotatable bonds is 15. The molecule has 0 aliphatic heterocycles. The van der Waals surface area contributed by atoms with E-state index in [1.165, 1.54) is 17.5 Å². The molecule has 3 atom stereocenters. The van der Waals surface area contributed by atoms with Gasteiger partial charge >= 0.3 is 0 Å². The standard InChI is InChI=1S/C25H39BrClN3O3/c1-18(2)23(24(28)32)30(5)25(33)20(4)29-22(31)13-9-8-11-19(3)14-15-21(17-27)12-7-6-10-16-26/h8,11,17-20,23H,6-7,9,12-15H2,1-5H3,(H2,28,32)(H,29,31)/t19-,20+,23-/m0/s1. The lowest BCUT2D eigenvalue weighted by molar-refractivity contribution is -0.141. The summed E-state index contributed by atoms with van der Waals surface area (Å²) in [7, 11) is 1.53. The quantitative estimate of drug-likeness (QED) is 0.175. The molecule has 0 radical (unpaired) electrons. The molecule has 0 saturated heterocycles. The van der Waals surface area contributed by atoms with E-state index in [-0.39, 0.29) is 24.2 Å². The molecular weight excluding hydrogens is 506 g/mol. The first-order valence-electron chi connectivity index (χ1n) is 11.4. The normalized spacial score (nSPS) is 14.4. The van der Waals surface area contributed by atoms with Crippen LogP contribution in [0, 0.1) is 22.6 Å². The summed E-state index contributed by atoms with van der Waals surface area (Å²) in [5.41, 5.74) is 8.32. The zero-order valence-electron chi connectivity index (χ0n) is 20.5. The summed E-state index contributed by atoms with van der Waals surface area (Å²) in [6.45, 7) is 7.40. The van der Waals surface area contributed by atoms with Crippen molar-refractivity contribution < 1.29 is 14.4 Å². The highest BCUT2D eigenvalue weighted by Gasteiger charge is 2.30. The first kappa shape index (κ1) is 31.2. The van der Waals surface area contributed by atoms with Crippen molar-refractivity contribution in [2.45, 2.75) is 84.7 Å². The molecule has 8 heteroatoms. The molecule has 3 amide bonds. The summed E-state index contributed by atoms with van der Waals surface area (Å²) in [5, 5.41) is 2.71. The van der Waals surface area contributed by atoms with E-state index in [9.17, 15) is 14.4 Å². The molecule has 0 aromatic heterocycles. The highest BCUT2D eigenvalue weighted by molar-refractivity contribution is 9.12. The maximum Gasteiger partial charge on any atom is 0.245 e. The van der Waals surface area contributed by atoms with Crippen LogP contribution in [0.5, 0.6) is 0 Å². The summed E-state index contributed by atoms with van der Waals surface area (Å²) < 4.78 is 0. The minimum atomic E-state index is -0.729. The van der Waals surface area contributed by atoms with E-state index >= 15 is 0 Å². The maximum atomic E-state index is 12.6. The van der Waals surface area contributed by atoms with E-state index in [0.717, 1.165) is 32.1 Å². The second-order valence-corrected chi connectivity index (χ2v) is 9.32. The third-order valence-electron chi connectivity index (χ3n) is 5.38. The number of nitrogens with two attached hydrogens (primary N) is 1. The number of halogens is 2. The van der Waals surface area contributed by atoms with E-state index in [1.54, 1.807) is 12.5 Å². The summed E-state index contributed by atoms with van der Waals surface area (Å²) >= 11 is 9.03. The van der Waals surface area contributed by atoms with Crippen LogP contribution in [-0.4, -0.2) is 41.8 Å². The predicted molar refractivity (Wildman–Crippen MR) is 139 cm³/mol. The number of hydrogen-bond acceptors (Lipinski definition) is 3. The molecule has 6 nitrogen and oxygen atoms in total. The van der Waals surface area contributed by atoms with Gasteiger partial charge in [0.25, 0.3) is 0 Å². The molecular formula is C25H39BrClN3O3. The summed E-state index contributed by atoms with van der Waals surface area (Å²) in [4.78, 5) is 40.5. The van der Waals surface area contributed by atoms with Crippen LogP contribution in [0.25, 0.3) is 0 Å². The van der Waals surface area contributed by atoms with Gasteiger partial charge in [0.05, 0.1) is 0 Å². The van der Waals surface area contributed by atoms with Gasteiger partial charge in [0, 0.05) is 41.4 Å². The van der Waals surface area contributed by atoms with Gasteiger partial charge in [-0.1, -0.05) is 56.0 Å². The second kappa shape index (κ2) is 17.7. The number of hydrogen-bond donors (Lipinski definition) is 2. The largest absolute Gasteiger partial charge is 0.368 e. The van der Waals surface area contributed by atoms with E-state index in [4.69, 9.17) is 17.3 Å². The Hall–Kier alpha value is -1.78. The lowest BCUT2D eigenvalue weighted by Crippen LogP contribution is -2.54. The van der Waals surface area contributed by atoms with Crippen LogP contribution in [0.15, 0.2) is 23.3 Å². The van der Waals surface area contributed by atoms with E-state index in [2.05, 4.69) is 45.0 Å². The van der Waals surface area contributed by atoms with Crippen LogP contribution in [0.2, 0.25) is 0 Å². The number of unbranched alkanes of at least 4 members (excludes halogenated alkanes) is 1. The van der Waals surface area contributed by atoms with Gasteiger partial charge in [0.15, 0.2) is 0 Å². The summed E-state index contributed by atoms with van der Waals surface area (Å²) in [6, 6.07) is -1.44. The van der Waals surface area contributed by atoms with Crippen molar-refractivity contribution in [1.82, 2.24) is 10.2 Å². The lowest BCUT2D eigenvalue weighted by atomic mass is 9.98. The molecule has 0 spiro atoms. The average molecular weight is 545 g/mol. The Balaban J connectivity index is 4.39. The maximum absolute atomic E-state index is 12.6. The van der Waals surface area contributed by atoms with E-state index in [1.807, 2.05) is 19.9 Å². The first-order chi connectivity index (χ1) is 15.5. The number of nitrogens with zero attached hydrogens (tertiary/aromatic N) is 1. The average Bonchev–Trinajstić information content (AvgIpc) is 2.75. The molecule has 0 heterocycles. The van der Waals surface area contributed by atoms with Crippen molar-refractivity contribution in [3.63, 3.8) is 0 Å². The summed E-state index contributed by atoms with van der Waals surface area (Å²) in [6.07, 6.45) is 9.70. The molecule has 0 fully saturated rings. The van der Waals surface area contributed by atoms with Crippen LogP contribution in [-0.2, 0) is 14.4 Å². The zero-order valence-corrected chi connectivity index (χ0v) is 22.8. The van der Waals surface area contributed by atoms with Crippen molar-refractivity contribution in [3.8, 4) is 10.8 Å². The molecule has 33 heavy (non-hydrogen) atoms. The minimum absolute atomic E-state index is 0.115. The van der Waals surface area contributed by atoms with Crippen molar-refractivity contribution >= 4 is 45.3 Å². The molecule has 0 saturated carbocycles. The SMILES string of the molecule is CC(C)[C@@H](C(N)=O)N(C)C(=O)[C@@H](C)NC(=O)CCC=C[C@H](C)CCC(=CCl)CCCC#CBr. The topological polar surface area (TPSA) is 92.5 Å². The Kier molecular flexibility index (Phi) is 16.7. The van der Waals surface area contributed by atoms with Gasteiger partial charge in [-0.05, 0) is 55.7 Å². The Morgan fingerprint density at radius 1 is 1.15 bits per heavy atom. The second-order valence-electron chi connectivity index (χ2n) is 8.70. The Morgan fingerprint density at radius 3 is 2.36 bits per heavy atom. The fourth-order valence-electron chi connectivity index (χ4n) is 3.52. The number of likely N-dealkylation sites (N-methyl/N-ethyl adjacent to an activating group) is 1. The fourth-order valence-corrected chi connectivity index (χ4v) is 3.94. The van der Waals surface area contributed by atoms with Gasteiger partial charge in [-0.2, -0.15) is 0 Å². The first-order valence-corrected chi connectivity index (χ1v) is 12.7. The van der Waals surface area contributed by atoms with Gasteiger partial charge in [-0.25, -0.2) is 0 Å². The number of amides is 3. The van der Waals surface area contributed by atoms with Crippen molar-refractivity contribution in [2.75, 3.05) is 7.05 Å². The molecule has 0 bridgehead atoms. The summed E-state index contributed by atoms with van der Waals surface area (Å²) in [5.74, 6) is 2.14. The predicted octanol–water partition coefficient (Wildman–Crippen LogP) is 4.86. The lowest BCUT2D eigenvalue weighted by Gasteiger charge is -2.30. The van der Waals surface area contributed by atoms with E-state index < -0.39 is 18.0 Å². The molecule has 0 unspecified atom stereocenters. The van der Waals surface area contributed by atoms with Crippen molar-refractivity contribution in [2.24, 2.45) is 17.6 Å². The number of allylic oxidation sites excluding steroid dienone is 3. The smallest absolute Gasteiger partial charge is 0.245 e. The highest BCUT2D eigenvalue weighted by atomic mass is 79.9. The van der Waals surface area contributed by atoms with Crippen molar-refractivity contribution in [1.29, 1.82) is 0 Å². The van der Waals surface area contributed by atoms with Crippen molar-refractivity contribution in [3.05, 3.63) is 23.3 Å². The molecule has 3 N–H and O–H groups in total. The van der Waals surface area contributed by atoms with Gasteiger partial charge in [-0.3, -0.25) is 14.4 Å². The minimum Gasteiger partial charge on any atom is -0.368 e. The van der Waals surface area contributed by atoms with Crippen LogP contribution in [0.3, 0.4) is 0 Å². The van der Waals surface area contributed by atoms with Crippen LogP contribution < -0.4 is 11.1 Å². The van der Waals surface area contributed by atoms with Crippen LogP contribution >= 0.6 is 27.5 Å². The van der Waals surface area contributed by atoms with Crippen LogP contribution in [0.4, 0.5) is 0 Å². The number of nitrogens with one attached hydrogen (secondary N) is 1. The zero-order chi connectivity index (χ0) is 25.4. The Morgan fingerprint density at radius 2 is 1.82 bits per heavy atom. The molecule has 0 aliphatic carbocycles. The molecule has 0 rings (SSSR count). The molecule has 0 aromatic rings. The van der Waals surface area contributed by atoms with Crippen LogP contribution in [0.1, 0.15) is 72.6 Å². The molecule has 0 aromatic carbocycles.